The van der Waals surface area contributed by atoms with Crippen molar-refractivity contribution in [3.8, 4) is 22.1 Å². The number of H-pyrrole nitrogens is 1. The third-order valence-electron chi connectivity index (χ3n) is 4.50. The minimum absolute atomic E-state index is 0.240. The topological polar surface area (TPSA) is 70.6 Å². The Morgan fingerprint density at radius 2 is 1.93 bits per heavy atom. The second-order valence-corrected chi connectivity index (χ2v) is 7.70. The first-order chi connectivity index (χ1) is 14.2. The van der Waals surface area contributed by atoms with Crippen molar-refractivity contribution < 1.29 is 4.39 Å². The average Bonchev–Trinajstić information content (AvgIpc) is 3.39. The second-order valence-electron chi connectivity index (χ2n) is 6.84. The number of aromatic nitrogens is 5. The van der Waals surface area contributed by atoms with Gasteiger partial charge in [-0.25, -0.2) is 19.3 Å². The van der Waals surface area contributed by atoms with E-state index in [1.54, 1.807) is 41.9 Å². The molecule has 0 amide bonds. The summed E-state index contributed by atoms with van der Waals surface area (Å²) in [5, 5.41) is 10.3. The largest absolute Gasteiger partial charge is 0.301 e. The van der Waals surface area contributed by atoms with Crippen LogP contribution >= 0.6 is 11.3 Å². The van der Waals surface area contributed by atoms with E-state index in [4.69, 9.17) is 0 Å². The monoisotopic (exact) mass is 408 g/mol. The molecule has 4 rings (SSSR count). The van der Waals surface area contributed by atoms with Gasteiger partial charge in [0.25, 0.3) is 0 Å². The van der Waals surface area contributed by atoms with Crippen LogP contribution in [0.4, 0.5) is 4.39 Å². The highest BCUT2D eigenvalue weighted by atomic mass is 32.1. The highest BCUT2D eigenvalue weighted by molar-refractivity contribution is 7.13. The van der Waals surface area contributed by atoms with E-state index in [0.717, 1.165) is 53.6 Å². The molecule has 0 unspecified atom stereocenters. The first-order valence-electron chi connectivity index (χ1n) is 9.38. The maximum atomic E-state index is 13.1. The molecule has 4 aromatic rings. The van der Waals surface area contributed by atoms with Crippen LogP contribution in [0.1, 0.15) is 17.8 Å². The van der Waals surface area contributed by atoms with Crippen LogP contribution in [-0.2, 0) is 13.0 Å². The Morgan fingerprint density at radius 3 is 2.72 bits per heavy atom. The minimum atomic E-state index is -0.240. The molecule has 3 heterocycles. The summed E-state index contributed by atoms with van der Waals surface area (Å²) >= 11 is 1.57. The molecule has 0 fully saturated rings. The summed E-state index contributed by atoms with van der Waals surface area (Å²) in [4.78, 5) is 15.4. The summed E-state index contributed by atoms with van der Waals surface area (Å²) in [6.07, 6.45) is 5.36. The van der Waals surface area contributed by atoms with Gasteiger partial charge in [0, 0.05) is 35.6 Å². The molecule has 0 aliphatic carbocycles. The first kappa shape index (κ1) is 19.4. The van der Waals surface area contributed by atoms with E-state index in [1.165, 1.54) is 12.1 Å². The van der Waals surface area contributed by atoms with Crippen LogP contribution < -0.4 is 0 Å². The molecule has 0 aliphatic rings. The minimum Gasteiger partial charge on any atom is -0.301 e. The highest BCUT2D eigenvalue weighted by Gasteiger charge is 2.09. The third kappa shape index (κ3) is 5.10. The molecular weight excluding hydrogens is 387 g/mol. The Balaban J connectivity index is 1.26. The second kappa shape index (κ2) is 9.02. The van der Waals surface area contributed by atoms with E-state index in [2.05, 4.69) is 42.5 Å². The van der Waals surface area contributed by atoms with Crippen LogP contribution in [0.3, 0.4) is 0 Å². The van der Waals surface area contributed by atoms with E-state index in [-0.39, 0.29) is 5.82 Å². The van der Waals surface area contributed by atoms with Crippen molar-refractivity contribution in [1.29, 1.82) is 0 Å². The van der Waals surface area contributed by atoms with Gasteiger partial charge in [-0.05, 0) is 62.8 Å². The van der Waals surface area contributed by atoms with Crippen molar-refractivity contribution in [2.75, 3.05) is 13.6 Å². The Hall–Kier alpha value is -2.97. The standard InChI is InChI=1S/C21H21FN6S/c1-28(13-18-14-29-21(25-18)20-23-9-3-10-24-20)11-2-4-17-12-19(27-26-17)15-5-7-16(22)8-6-15/h3,5-10,12,14H,2,4,11,13H2,1H3,(H,26,27). The van der Waals surface area contributed by atoms with Crippen molar-refractivity contribution >= 4 is 11.3 Å². The van der Waals surface area contributed by atoms with Crippen molar-refractivity contribution in [2.24, 2.45) is 0 Å². The number of nitrogens with zero attached hydrogens (tertiary/aromatic N) is 5. The van der Waals surface area contributed by atoms with Gasteiger partial charge in [-0.3, -0.25) is 5.10 Å². The lowest BCUT2D eigenvalue weighted by Crippen LogP contribution is -2.19. The summed E-state index contributed by atoms with van der Waals surface area (Å²) in [7, 11) is 2.09. The van der Waals surface area contributed by atoms with Gasteiger partial charge in [-0.15, -0.1) is 11.3 Å². The number of halogens is 1. The maximum Gasteiger partial charge on any atom is 0.188 e. The smallest absolute Gasteiger partial charge is 0.188 e. The molecule has 0 saturated heterocycles. The Bertz CT molecular complexity index is 1040. The number of hydrogen-bond donors (Lipinski definition) is 1. The van der Waals surface area contributed by atoms with Crippen molar-refractivity contribution in [3.05, 3.63) is 71.4 Å². The molecule has 0 saturated carbocycles. The van der Waals surface area contributed by atoms with Gasteiger partial charge in [-0.2, -0.15) is 5.10 Å². The van der Waals surface area contributed by atoms with Crippen LogP contribution in [0, 0.1) is 5.82 Å². The Labute approximate surface area is 172 Å². The van der Waals surface area contributed by atoms with Crippen molar-refractivity contribution in [1.82, 2.24) is 30.0 Å². The number of nitrogens with one attached hydrogen (secondary N) is 1. The quantitative estimate of drug-likeness (QED) is 0.473. The number of aromatic amines is 1. The highest BCUT2D eigenvalue weighted by Crippen LogP contribution is 2.21. The van der Waals surface area contributed by atoms with Crippen LogP contribution in [0.25, 0.3) is 22.1 Å². The molecule has 0 radical (unpaired) electrons. The van der Waals surface area contributed by atoms with Crippen molar-refractivity contribution in [2.45, 2.75) is 19.4 Å². The summed E-state index contributed by atoms with van der Waals surface area (Å²) in [5.74, 6) is 0.429. The number of benzene rings is 1. The number of hydrogen-bond acceptors (Lipinski definition) is 6. The van der Waals surface area contributed by atoms with Gasteiger partial charge < -0.3 is 4.90 Å². The SMILES string of the molecule is CN(CCCc1cc(-c2ccc(F)cc2)n[nH]1)Cc1csc(-c2ncccn2)n1. The van der Waals surface area contributed by atoms with Gasteiger partial charge >= 0.3 is 0 Å². The van der Waals surface area contributed by atoms with Gasteiger partial charge in [0.1, 0.15) is 5.82 Å². The molecule has 0 aliphatic heterocycles. The molecule has 148 valence electrons. The summed E-state index contributed by atoms with van der Waals surface area (Å²) in [6.45, 7) is 1.73. The van der Waals surface area contributed by atoms with Gasteiger partial charge in [-0.1, -0.05) is 0 Å². The lowest BCUT2D eigenvalue weighted by molar-refractivity contribution is 0.318. The third-order valence-corrected chi connectivity index (χ3v) is 5.38. The molecule has 6 nitrogen and oxygen atoms in total. The molecule has 3 aromatic heterocycles. The molecule has 29 heavy (non-hydrogen) atoms. The Kier molecular flexibility index (Phi) is 6.02. The lowest BCUT2D eigenvalue weighted by Gasteiger charge is -2.14. The van der Waals surface area contributed by atoms with Crippen LogP contribution in [0.2, 0.25) is 0 Å². The van der Waals surface area contributed by atoms with E-state index in [9.17, 15) is 4.39 Å². The molecule has 1 N–H and O–H groups in total. The van der Waals surface area contributed by atoms with E-state index in [0.29, 0.717) is 5.82 Å². The van der Waals surface area contributed by atoms with E-state index >= 15 is 0 Å². The maximum absolute atomic E-state index is 13.1. The van der Waals surface area contributed by atoms with Crippen LogP contribution in [0.5, 0.6) is 0 Å². The summed E-state index contributed by atoms with van der Waals surface area (Å²) < 4.78 is 13.1. The van der Waals surface area contributed by atoms with Crippen LogP contribution in [0.15, 0.2) is 54.2 Å². The zero-order valence-corrected chi connectivity index (χ0v) is 16.9. The predicted molar refractivity (Wildman–Crippen MR) is 112 cm³/mol. The average molecular weight is 409 g/mol. The molecule has 0 spiro atoms. The van der Waals surface area contributed by atoms with Crippen molar-refractivity contribution in [3.63, 3.8) is 0 Å². The summed E-state index contributed by atoms with van der Waals surface area (Å²) in [5.41, 5.74) is 3.86. The van der Waals surface area contributed by atoms with Gasteiger partial charge in [0.15, 0.2) is 10.8 Å². The van der Waals surface area contributed by atoms with Gasteiger partial charge in [0.05, 0.1) is 11.4 Å². The molecule has 8 heteroatoms. The number of rotatable bonds is 8. The van der Waals surface area contributed by atoms with Crippen LogP contribution in [-0.4, -0.2) is 43.6 Å². The first-order valence-corrected chi connectivity index (χ1v) is 10.3. The molecular formula is C21H21FN6S. The van der Waals surface area contributed by atoms with E-state index < -0.39 is 0 Å². The molecule has 0 atom stereocenters. The van der Waals surface area contributed by atoms with E-state index in [1.807, 2.05) is 6.07 Å². The zero-order valence-electron chi connectivity index (χ0n) is 16.0. The fourth-order valence-corrected chi connectivity index (χ4v) is 3.80. The molecule has 0 bridgehead atoms. The lowest BCUT2D eigenvalue weighted by atomic mass is 10.1. The summed E-state index contributed by atoms with van der Waals surface area (Å²) in [6, 6.07) is 10.2. The fraction of sp³-hybridized carbons (Fsp3) is 0.238. The number of thiazole rings is 1. The Morgan fingerprint density at radius 1 is 1.14 bits per heavy atom. The number of aryl methyl sites for hydroxylation is 1. The zero-order chi connectivity index (χ0) is 20.1. The normalized spacial score (nSPS) is 11.3. The predicted octanol–water partition coefficient (Wildman–Crippen LogP) is 4.19. The fourth-order valence-electron chi connectivity index (χ4n) is 3.05. The molecule has 1 aromatic carbocycles. The van der Waals surface area contributed by atoms with Gasteiger partial charge in [0.2, 0.25) is 0 Å².